The van der Waals surface area contributed by atoms with Crippen LogP contribution in [-0.2, 0) is 16.0 Å². The van der Waals surface area contributed by atoms with Crippen LogP contribution in [0.15, 0.2) is 6.07 Å². The summed E-state index contributed by atoms with van der Waals surface area (Å²) in [6.07, 6.45) is -0.139. The van der Waals surface area contributed by atoms with Gasteiger partial charge in [0, 0.05) is 19.8 Å². The first-order valence-electron chi connectivity index (χ1n) is 6.26. The van der Waals surface area contributed by atoms with Gasteiger partial charge < -0.3 is 19.9 Å². The van der Waals surface area contributed by atoms with E-state index in [-0.39, 0.29) is 6.10 Å². The van der Waals surface area contributed by atoms with Crippen molar-refractivity contribution in [2.24, 2.45) is 0 Å². The van der Waals surface area contributed by atoms with Gasteiger partial charge >= 0.3 is 0 Å². The molecule has 0 aromatic carbocycles. The van der Waals surface area contributed by atoms with Crippen molar-refractivity contribution in [1.82, 2.24) is 4.57 Å². The van der Waals surface area contributed by atoms with Crippen molar-refractivity contribution in [2.75, 3.05) is 32.7 Å². The van der Waals surface area contributed by atoms with Gasteiger partial charge in [-0.05, 0) is 13.8 Å². The highest BCUT2D eigenvalue weighted by Crippen LogP contribution is 2.27. The molecule has 0 spiro atoms. The number of nitriles is 1. The molecule has 0 fully saturated rings. The smallest absolute Gasteiger partial charge is 0.218 e. The summed E-state index contributed by atoms with van der Waals surface area (Å²) in [5.74, 6) is 0.501. The number of nitrogen functional groups attached to an aromatic ring is 1. The number of hydrogen-bond donors (Lipinski definition) is 1. The van der Waals surface area contributed by atoms with Gasteiger partial charge in [0.1, 0.15) is 17.9 Å². The molecule has 0 saturated heterocycles. The van der Waals surface area contributed by atoms with Crippen LogP contribution in [0.4, 0.5) is 5.69 Å². The summed E-state index contributed by atoms with van der Waals surface area (Å²) >= 11 is 0. The van der Waals surface area contributed by atoms with E-state index in [1.807, 2.05) is 13.8 Å². The quantitative estimate of drug-likeness (QED) is 0.720. The summed E-state index contributed by atoms with van der Waals surface area (Å²) < 4.78 is 17.8. The van der Waals surface area contributed by atoms with E-state index < -0.39 is 0 Å². The first-order valence-corrected chi connectivity index (χ1v) is 6.26. The van der Waals surface area contributed by atoms with E-state index in [1.165, 1.54) is 0 Å². The van der Waals surface area contributed by atoms with E-state index in [1.54, 1.807) is 17.7 Å². The minimum atomic E-state index is -0.139. The minimum Gasteiger partial charge on any atom is -0.472 e. The maximum absolute atomic E-state index is 9.10. The molecule has 0 radical (unpaired) electrons. The molecule has 19 heavy (non-hydrogen) atoms. The fourth-order valence-corrected chi connectivity index (χ4v) is 1.76. The van der Waals surface area contributed by atoms with E-state index in [0.717, 1.165) is 0 Å². The molecule has 6 nitrogen and oxygen atoms in total. The van der Waals surface area contributed by atoms with E-state index in [0.29, 0.717) is 43.6 Å². The molecule has 0 bridgehead atoms. The fraction of sp³-hybridized carbons (Fsp3) is 0.615. The van der Waals surface area contributed by atoms with Crippen molar-refractivity contribution in [3.8, 4) is 11.9 Å². The first kappa shape index (κ1) is 15.3. The molecule has 106 valence electrons. The van der Waals surface area contributed by atoms with Gasteiger partial charge in [0.15, 0.2) is 0 Å². The lowest BCUT2D eigenvalue weighted by atomic mass is 10.4. The average Bonchev–Trinajstić information content (AvgIpc) is 2.67. The number of ether oxygens (including phenoxy) is 3. The fourth-order valence-electron chi connectivity index (χ4n) is 1.76. The second-order valence-corrected chi connectivity index (χ2v) is 4.13. The van der Waals surface area contributed by atoms with Gasteiger partial charge in [0.05, 0.1) is 25.4 Å². The predicted octanol–water partition coefficient (Wildman–Crippen LogP) is 1.39. The third kappa shape index (κ3) is 4.16. The Bertz CT molecular complexity index is 437. The lowest BCUT2D eigenvalue weighted by molar-refractivity contribution is 0.0834. The molecule has 1 aromatic rings. The van der Waals surface area contributed by atoms with Crippen LogP contribution in [0.25, 0.3) is 0 Å². The number of methoxy groups -OCH3 is 1. The monoisotopic (exact) mass is 267 g/mol. The molecular formula is C13H21N3O3. The standard InChI is InChI=1S/C13H21N3O3/c1-4-18-6-5-16-11(8-14)7-12(15)13(16)19-10(2)9-17-3/h7,10H,4-6,9,15H2,1-3H3. The third-order valence-corrected chi connectivity index (χ3v) is 2.57. The van der Waals surface area contributed by atoms with Gasteiger partial charge in [0.25, 0.3) is 0 Å². The van der Waals surface area contributed by atoms with Crippen LogP contribution < -0.4 is 10.5 Å². The lowest BCUT2D eigenvalue weighted by Gasteiger charge is -2.17. The maximum Gasteiger partial charge on any atom is 0.218 e. The van der Waals surface area contributed by atoms with E-state index in [2.05, 4.69) is 6.07 Å². The summed E-state index contributed by atoms with van der Waals surface area (Å²) in [4.78, 5) is 0. The van der Waals surface area contributed by atoms with Crippen LogP contribution in [0.2, 0.25) is 0 Å². The minimum absolute atomic E-state index is 0.139. The Kier molecular flexibility index (Phi) is 6.19. The van der Waals surface area contributed by atoms with E-state index >= 15 is 0 Å². The van der Waals surface area contributed by atoms with Gasteiger partial charge in [0.2, 0.25) is 5.88 Å². The van der Waals surface area contributed by atoms with Crippen molar-refractivity contribution in [3.05, 3.63) is 11.8 Å². The number of nitrogens with two attached hydrogens (primary N) is 1. The van der Waals surface area contributed by atoms with Gasteiger partial charge in [-0.3, -0.25) is 4.57 Å². The number of rotatable bonds is 8. The molecule has 1 unspecified atom stereocenters. The van der Waals surface area contributed by atoms with Crippen LogP contribution in [0.3, 0.4) is 0 Å². The van der Waals surface area contributed by atoms with Gasteiger partial charge in [-0.1, -0.05) is 0 Å². The van der Waals surface area contributed by atoms with Crippen LogP contribution in [-0.4, -0.2) is 37.6 Å². The summed E-state index contributed by atoms with van der Waals surface area (Å²) in [5.41, 5.74) is 6.81. The summed E-state index contributed by atoms with van der Waals surface area (Å²) in [5, 5.41) is 9.10. The molecule has 1 rings (SSSR count). The first-order chi connectivity index (χ1) is 9.13. The highest BCUT2D eigenvalue weighted by molar-refractivity contribution is 5.55. The van der Waals surface area contributed by atoms with Crippen LogP contribution >= 0.6 is 0 Å². The lowest BCUT2D eigenvalue weighted by Crippen LogP contribution is -2.21. The molecule has 1 aromatic heterocycles. The van der Waals surface area contributed by atoms with Gasteiger partial charge in [-0.15, -0.1) is 0 Å². The second kappa shape index (κ2) is 7.67. The zero-order chi connectivity index (χ0) is 14.3. The molecule has 1 heterocycles. The summed E-state index contributed by atoms with van der Waals surface area (Å²) in [7, 11) is 1.61. The summed E-state index contributed by atoms with van der Waals surface area (Å²) in [6, 6.07) is 3.72. The van der Waals surface area contributed by atoms with Crippen molar-refractivity contribution in [2.45, 2.75) is 26.5 Å². The second-order valence-electron chi connectivity index (χ2n) is 4.13. The average molecular weight is 267 g/mol. The topological polar surface area (TPSA) is 82.4 Å². The molecule has 6 heteroatoms. The number of anilines is 1. The zero-order valence-electron chi connectivity index (χ0n) is 11.7. The van der Waals surface area contributed by atoms with Gasteiger partial charge in [-0.2, -0.15) is 5.26 Å². The molecule has 0 aliphatic heterocycles. The van der Waals surface area contributed by atoms with E-state index in [4.69, 9.17) is 25.2 Å². The Morgan fingerprint density at radius 3 is 2.84 bits per heavy atom. The SMILES string of the molecule is CCOCCn1c(C#N)cc(N)c1OC(C)COC. The Labute approximate surface area is 113 Å². The number of nitrogens with zero attached hydrogens (tertiary/aromatic N) is 2. The number of aromatic nitrogens is 1. The highest BCUT2D eigenvalue weighted by Gasteiger charge is 2.16. The van der Waals surface area contributed by atoms with Crippen molar-refractivity contribution >= 4 is 5.69 Å². The Balaban J connectivity index is 2.88. The summed E-state index contributed by atoms with van der Waals surface area (Å²) in [6.45, 7) is 5.94. The Hall–Kier alpha value is -1.71. The molecule has 2 N–H and O–H groups in total. The van der Waals surface area contributed by atoms with Gasteiger partial charge in [-0.25, -0.2) is 0 Å². The van der Waals surface area contributed by atoms with Crippen molar-refractivity contribution in [3.63, 3.8) is 0 Å². The highest BCUT2D eigenvalue weighted by atomic mass is 16.5. The third-order valence-electron chi connectivity index (χ3n) is 2.57. The molecule has 1 atom stereocenters. The molecule has 0 amide bonds. The zero-order valence-corrected chi connectivity index (χ0v) is 11.7. The van der Waals surface area contributed by atoms with Crippen LogP contribution in [0.5, 0.6) is 5.88 Å². The van der Waals surface area contributed by atoms with Crippen LogP contribution in [0.1, 0.15) is 19.5 Å². The predicted molar refractivity (Wildman–Crippen MR) is 72.0 cm³/mol. The maximum atomic E-state index is 9.10. The molecule has 0 aliphatic rings. The molecule has 0 aliphatic carbocycles. The van der Waals surface area contributed by atoms with Crippen molar-refractivity contribution in [1.29, 1.82) is 5.26 Å². The molecule has 0 saturated carbocycles. The largest absolute Gasteiger partial charge is 0.472 e. The number of hydrogen-bond acceptors (Lipinski definition) is 5. The van der Waals surface area contributed by atoms with Crippen molar-refractivity contribution < 1.29 is 14.2 Å². The Morgan fingerprint density at radius 1 is 1.53 bits per heavy atom. The Morgan fingerprint density at radius 2 is 2.26 bits per heavy atom. The normalized spacial score (nSPS) is 12.1. The van der Waals surface area contributed by atoms with Crippen LogP contribution in [0, 0.1) is 11.3 Å². The van der Waals surface area contributed by atoms with E-state index in [9.17, 15) is 0 Å². The molecular weight excluding hydrogens is 246 g/mol.